The number of amides is 1. The number of rotatable bonds is 5. The monoisotopic (exact) mass is 403 g/mol. The van der Waals surface area contributed by atoms with Crippen LogP contribution in [0.3, 0.4) is 0 Å². The summed E-state index contributed by atoms with van der Waals surface area (Å²) in [6, 6.07) is 16.2. The van der Waals surface area contributed by atoms with Gasteiger partial charge in [0.2, 0.25) is 0 Å². The van der Waals surface area contributed by atoms with Crippen LogP contribution in [0.2, 0.25) is 0 Å². The zero-order chi connectivity index (χ0) is 21.3. The fourth-order valence-corrected chi connectivity index (χ4v) is 3.26. The summed E-state index contributed by atoms with van der Waals surface area (Å²) in [5.74, 6) is 0.467. The van der Waals surface area contributed by atoms with Gasteiger partial charge in [0.05, 0.1) is 12.8 Å². The number of ether oxygens (including phenoxy) is 1. The molecule has 0 radical (unpaired) electrons. The number of aryl methyl sites for hydroxylation is 2. The van der Waals surface area contributed by atoms with Crippen LogP contribution in [0.25, 0.3) is 5.65 Å². The van der Waals surface area contributed by atoms with Crippen LogP contribution in [0.1, 0.15) is 21.6 Å². The van der Waals surface area contributed by atoms with E-state index >= 15 is 0 Å². The summed E-state index contributed by atoms with van der Waals surface area (Å²) in [4.78, 5) is 30.2. The maximum absolute atomic E-state index is 13.3. The number of hydrogen-bond donors (Lipinski definition) is 3. The van der Waals surface area contributed by atoms with Crippen LogP contribution in [0.15, 0.2) is 59.4 Å². The SMILES string of the molecule is COc1ccccc1NC(=O)c1c(Nc2cccc(C)c2)[nH]n2c(=O)cc(C)nc12. The minimum atomic E-state index is -0.425. The second-order valence-electron chi connectivity index (χ2n) is 6.91. The standard InChI is InChI=1S/C22H21N5O3/c1-13-7-6-8-15(11-13)24-20-19(21-23-14(2)12-18(28)27(21)26-20)22(29)25-16-9-4-5-10-17(16)30-3/h4-12,24,26H,1-3H3,(H,25,29). The number of para-hydroxylation sites is 2. The molecule has 152 valence electrons. The number of fused-ring (bicyclic) bond motifs is 1. The molecule has 2 heterocycles. The molecule has 2 aromatic carbocycles. The molecule has 30 heavy (non-hydrogen) atoms. The van der Waals surface area contributed by atoms with Crippen LogP contribution < -0.4 is 20.9 Å². The first-order valence-corrected chi connectivity index (χ1v) is 9.36. The predicted octanol–water partition coefficient (Wildman–Crippen LogP) is 3.64. The molecule has 0 unspecified atom stereocenters. The number of hydrogen-bond acceptors (Lipinski definition) is 5. The third-order valence-corrected chi connectivity index (χ3v) is 4.61. The van der Waals surface area contributed by atoms with Crippen molar-refractivity contribution in [1.29, 1.82) is 0 Å². The van der Waals surface area contributed by atoms with Crippen LogP contribution in [0.4, 0.5) is 17.2 Å². The van der Waals surface area contributed by atoms with E-state index in [0.29, 0.717) is 22.9 Å². The maximum Gasteiger partial charge on any atom is 0.272 e. The molecule has 0 saturated heterocycles. The van der Waals surface area contributed by atoms with Crippen molar-refractivity contribution < 1.29 is 9.53 Å². The molecule has 0 spiro atoms. The van der Waals surface area contributed by atoms with Crippen molar-refractivity contribution >= 4 is 28.7 Å². The van der Waals surface area contributed by atoms with E-state index in [1.807, 2.05) is 37.3 Å². The van der Waals surface area contributed by atoms with Crippen LogP contribution in [-0.4, -0.2) is 27.6 Å². The second kappa shape index (κ2) is 7.75. The fraction of sp³-hybridized carbons (Fsp3) is 0.136. The van der Waals surface area contributed by atoms with Gasteiger partial charge in [-0.2, -0.15) is 4.52 Å². The van der Waals surface area contributed by atoms with Gasteiger partial charge in [-0.15, -0.1) is 0 Å². The zero-order valence-electron chi connectivity index (χ0n) is 16.8. The number of nitrogens with one attached hydrogen (secondary N) is 3. The van der Waals surface area contributed by atoms with Crippen LogP contribution in [0, 0.1) is 13.8 Å². The predicted molar refractivity (Wildman–Crippen MR) is 116 cm³/mol. The first-order chi connectivity index (χ1) is 14.5. The zero-order valence-corrected chi connectivity index (χ0v) is 16.8. The molecule has 4 rings (SSSR count). The lowest BCUT2D eigenvalue weighted by molar-refractivity contribution is 0.102. The van der Waals surface area contributed by atoms with Crippen molar-refractivity contribution in [3.05, 3.63) is 81.8 Å². The molecule has 2 aromatic heterocycles. The number of nitrogens with zero attached hydrogens (tertiary/aromatic N) is 2. The number of methoxy groups -OCH3 is 1. The van der Waals surface area contributed by atoms with E-state index in [0.717, 1.165) is 11.3 Å². The molecule has 3 N–H and O–H groups in total. The smallest absolute Gasteiger partial charge is 0.272 e. The fourth-order valence-electron chi connectivity index (χ4n) is 3.26. The third kappa shape index (κ3) is 3.62. The molecule has 8 nitrogen and oxygen atoms in total. The molecule has 1 amide bonds. The Balaban J connectivity index is 1.83. The second-order valence-corrected chi connectivity index (χ2v) is 6.91. The molecule has 0 aliphatic rings. The lowest BCUT2D eigenvalue weighted by Gasteiger charge is -2.11. The Morgan fingerprint density at radius 1 is 1.10 bits per heavy atom. The van der Waals surface area contributed by atoms with E-state index in [-0.39, 0.29) is 16.8 Å². The molecule has 8 heteroatoms. The van der Waals surface area contributed by atoms with E-state index in [2.05, 4.69) is 20.7 Å². The highest BCUT2D eigenvalue weighted by atomic mass is 16.5. The minimum absolute atomic E-state index is 0.225. The Bertz CT molecular complexity index is 1310. The molecule has 0 aliphatic heterocycles. The lowest BCUT2D eigenvalue weighted by atomic mass is 10.2. The van der Waals surface area contributed by atoms with Crippen LogP contribution >= 0.6 is 0 Å². The average molecular weight is 403 g/mol. The van der Waals surface area contributed by atoms with E-state index in [1.54, 1.807) is 25.1 Å². The maximum atomic E-state index is 13.3. The normalized spacial score (nSPS) is 10.8. The Kier molecular flexibility index (Phi) is 4.97. The summed E-state index contributed by atoms with van der Waals surface area (Å²) >= 11 is 0. The van der Waals surface area contributed by atoms with Gasteiger partial charge in [-0.3, -0.25) is 14.7 Å². The Hall–Kier alpha value is -4.07. The van der Waals surface area contributed by atoms with Gasteiger partial charge >= 0.3 is 0 Å². The summed E-state index contributed by atoms with van der Waals surface area (Å²) in [5, 5.41) is 9.01. The topological polar surface area (TPSA) is 101 Å². The first-order valence-electron chi connectivity index (χ1n) is 9.36. The molecule has 0 atom stereocenters. The summed E-state index contributed by atoms with van der Waals surface area (Å²) < 4.78 is 6.57. The number of carbonyl (C=O) groups is 1. The van der Waals surface area contributed by atoms with E-state index in [9.17, 15) is 9.59 Å². The highest BCUT2D eigenvalue weighted by Crippen LogP contribution is 2.27. The molecule has 4 aromatic rings. The van der Waals surface area contributed by atoms with Crippen LogP contribution in [-0.2, 0) is 0 Å². The average Bonchev–Trinajstić information content (AvgIpc) is 3.06. The molecule has 0 bridgehead atoms. The van der Waals surface area contributed by atoms with Crippen LogP contribution in [0.5, 0.6) is 5.75 Å². The molecule has 0 saturated carbocycles. The van der Waals surface area contributed by atoms with Crippen molar-refractivity contribution in [1.82, 2.24) is 14.6 Å². The van der Waals surface area contributed by atoms with Gasteiger partial charge in [0.25, 0.3) is 11.5 Å². The molecule has 0 fully saturated rings. The highest BCUT2D eigenvalue weighted by Gasteiger charge is 2.22. The van der Waals surface area contributed by atoms with Crippen molar-refractivity contribution in [2.45, 2.75) is 13.8 Å². The first kappa shape index (κ1) is 19.3. The number of benzene rings is 2. The third-order valence-electron chi connectivity index (χ3n) is 4.61. The van der Waals surface area contributed by atoms with Crippen molar-refractivity contribution in [2.75, 3.05) is 17.7 Å². The minimum Gasteiger partial charge on any atom is -0.495 e. The number of H-pyrrole nitrogens is 1. The molecular weight excluding hydrogens is 382 g/mol. The Morgan fingerprint density at radius 2 is 1.90 bits per heavy atom. The van der Waals surface area contributed by atoms with E-state index < -0.39 is 5.91 Å². The largest absolute Gasteiger partial charge is 0.495 e. The Labute approximate surface area is 172 Å². The number of aromatic nitrogens is 3. The van der Waals surface area contributed by atoms with Crippen molar-refractivity contribution in [3.63, 3.8) is 0 Å². The Morgan fingerprint density at radius 3 is 2.67 bits per heavy atom. The summed E-state index contributed by atoms with van der Waals surface area (Å²) in [7, 11) is 1.53. The van der Waals surface area contributed by atoms with Gasteiger partial charge < -0.3 is 15.4 Å². The highest BCUT2D eigenvalue weighted by molar-refractivity contribution is 6.12. The molecular formula is C22H21N5O3. The number of anilines is 3. The number of aromatic amines is 1. The van der Waals surface area contributed by atoms with Gasteiger partial charge in [0.15, 0.2) is 5.65 Å². The lowest BCUT2D eigenvalue weighted by Crippen LogP contribution is -2.17. The van der Waals surface area contributed by atoms with E-state index in [1.165, 1.54) is 17.7 Å². The van der Waals surface area contributed by atoms with Gasteiger partial charge in [-0.1, -0.05) is 24.3 Å². The molecule has 0 aliphatic carbocycles. The summed E-state index contributed by atoms with van der Waals surface area (Å²) in [6.45, 7) is 3.69. The summed E-state index contributed by atoms with van der Waals surface area (Å²) in [6.07, 6.45) is 0. The summed E-state index contributed by atoms with van der Waals surface area (Å²) in [5.41, 5.74) is 3.03. The van der Waals surface area contributed by atoms with Gasteiger partial charge in [0, 0.05) is 17.4 Å². The quantitative estimate of drug-likeness (QED) is 0.472. The van der Waals surface area contributed by atoms with E-state index in [4.69, 9.17) is 4.74 Å². The van der Waals surface area contributed by atoms with Gasteiger partial charge in [-0.05, 0) is 43.7 Å². The van der Waals surface area contributed by atoms with Gasteiger partial charge in [-0.25, -0.2) is 4.98 Å². The van der Waals surface area contributed by atoms with Crippen molar-refractivity contribution in [3.8, 4) is 5.75 Å². The van der Waals surface area contributed by atoms with Crippen molar-refractivity contribution in [2.24, 2.45) is 0 Å². The van der Waals surface area contributed by atoms with Gasteiger partial charge in [0.1, 0.15) is 17.1 Å². The number of carbonyl (C=O) groups excluding carboxylic acids is 1.